The number of aliphatic imine (C=N–C) groups is 1. The van der Waals surface area contributed by atoms with E-state index >= 15 is 0 Å². The fraction of sp³-hybridized carbons (Fsp3) is 0.500. The average Bonchev–Trinajstić information content (AvgIpc) is 3.04. The quantitative estimate of drug-likeness (QED) is 0.743. The molecule has 0 unspecified atom stereocenters. The molecule has 1 aromatic carbocycles. The number of carbonyl (C=O) groups is 1. The summed E-state index contributed by atoms with van der Waals surface area (Å²) < 4.78 is 0. The number of piperazine rings is 1. The summed E-state index contributed by atoms with van der Waals surface area (Å²) in [5.74, 6) is -0.115. The third kappa shape index (κ3) is 4.30. The van der Waals surface area contributed by atoms with E-state index < -0.39 is 0 Å². The first kappa shape index (κ1) is 19.0. The van der Waals surface area contributed by atoms with Crippen LogP contribution in [0.1, 0.15) is 26.3 Å². The molecule has 5 nitrogen and oxygen atoms in total. The predicted octanol–water partition coefficient (Wildman–Crippen LogP) is 3.14. The van der Waals surface area contributed by atoms with Crippen molar-refractivity contribution in [3.8, 4) is 0 Å². The minimum atomic E-state index is -0.115. The van der Waals surface area contributed by atoms with Crippen molar-refractivity contribution in [2.45, 2.75) is 20.8 Å². The molecular weight excluding hydrogens is 344 g/mol. The smallest absolute Gasteiger partial charge is 0.286 e. The van der Waals surface area contributed by atoms with Crippen LogP contribution in [0.4, 0.5) is 5.69 Å². The van der Waals surface area contributed by atoms with Crippen molar-refractivity contribution < 1.29 is 4.79 Å². The molecular formula is C20H28N4OS. The van der Waals surface area contributed by atoms with Crippen LogP contribution in [0.15, 0.2) is 34.2 Å². The van der Waals surface area contributed by atoms with E-state index in [0.717, 1.165) is 56.5 Å². The number of amides is 1. The highest BCUT2D eigenvalue weighted by Crippen LogP contribution is 2.31. The second-order valence-electron chi connectivity index (χ2n) is 6.50. The fourth-order valence-corrected chi connectivity index (χ4v) is 4.28. The zero-order chi connectivity index (χ0) is 18.5. The van der Waals surface area contributed by atoms with Crippen LogP contribution in [-0.2, 0) is 4.79 Å². The normalized spacial score (nSPS) is 20.0. The van der Waals surface area contributed by atoms with Gasteiger partial charge in [0.25, 0.3) is 5.91 Å². The molecule has 0 aromatic heterocycles. The van der Waals surface area contributed by atoms with Crippen LogP contribution in [0.3, 0.4) is 0 Å². The Bertz CT molecular complexity index is 686. The highest BCUT2D eigenvalue weighted by molar-refractivity contribution is 8.18. The number of hydrogen-bond acceptors (Lipinski definition) is 5. The van der Waals surface area contributed by atoms with Crippen LogP contribution in [0.25, 0.3) is 6.08 Å². The molecule has 0 bridgehead atoms. The van der Waals surface area contributed by atoms with E-state index in [1.54, 1.807) is 0 Å². The molecule has 2 aliphatic heterocycles. The third-order valence-corrected chi connectivity index (χ3v) is 6.06. The summed E-state index contributed by atoms with van der Waals surface area (Å²) in [6, 6.07) is 8.39. The molecule has 0 saturated carbocycles. The van der Waals surface area contributed by atoms with Crippen LogP contribution in [-0.4, -0.2) is 66.7 Å². The Morgan fingerprint density at radius 2 is 1.73 bits per heavy atom. The molecule has 6 heteroatoms. The molecule has 0 aliphatic carbocycles. The van der Waals surface area contributed by atoms with Gasteiger partial charge in [-0.3, -0.25) is 4.79 Å². The first-order chi connectivity index (χ1) is 12.6. The van der Waals surface area contributed by atoms with Crippen LogP contribution in [0, 0.1) is 0 Å². The van der Waals surface area contributed by atoms with Crippen molar-refractivity contribution in [1.29, 1.82) is 0 Å². The summed E-state index contributed by atoms with van der Waals surface area (Å²) in [6.07, 6.45) is 1.96. The molecule has 2 heterocycles. The Morgan fingerprint density at radius 3 is 2.31 bits per heavy atom. The Hall–Kier alpha value is -1.79. The number of carbonyl (C=O) groups excluding carboxylic acids is 1. The van der Waals surface area contributed by atoms with Gasteiger partial charge < -0.3 is 14.7 Å². The van der Waals surface area contributed by atoms with Crippen molar-refractivity contribution in [3.05, 3.63) is 34.7 Å². The van der Waals surface area contributed by atoms with E-state index in [1.807, 2.05) is 6.08 Å². The predicted molar refractivity (Wildman–Crippen MR) is 112 cm³/mol. The number of anilines is 1. The number of rotatable bonds is 5. The lowest BCUT2D eigenvalue weighted by molar-refractivity contribution is -0.113. The second-order valence-corrected chi connectivity index (χ2v) is 7.50. The van der Waals surface area contributed by atoms with Crippen molar-refractivity contribution in [3.63, 3.8) is 0 Å². The van der Waals surface area contributed by atoms with Gasteiger partial charge in [-0.25, -0.2) is 0 Å². The number of thioether (sulfide) groups is 1. The Balaban J connectivity index is 1.65. The van der Waals surface area contributed by atoms with Gasteiger partial charge >= 0.3 is 0 Å². The van der Waals surface area contributed by atoms with Gasteiger partial charge in [0.2, 0.25) is 0 Å². The first-order valence-electron chi connectivity index (χ1n) is 9.49. The number of likely N-dealkylation sites (N-methyl/N-ethyl adjacent to an activating group) is 1. The molecule has 26 heavy (non-hydrogen) atoms. The van der Waals surface area contributed by atoms with Gasteiger partial charge in [0.1, 0.15) is 0 Å². The highest BCUT2D eigenvalue weighted by atomic mass is 32.2. The highest BCUT2D eigenvalue weighted by Gasteiger charge is 2.28. The summed E-state index contributed by atoms with van der Waals surface area (Å²) >= 11 is 1.51. The molecule has 0 spiro atoms. The van der Waals surface area contributed by atoms with Crippen LogP contribution in [0.5, 0.6) is 0 Å². The monoisotopic (exact) mass is 372 g/mol. The number of amidine groups is 1. The molecule has 1 fully saturated rings. The molecule has 140 valence electrons. The van der Waals surface area contributed by atoms with Gasteiger partial charge in [-0.1, -0.05) is 19.1 Å². The molecule has 2 aliphatic rings. The first-order valence-corrected chi connectivity index (χ1v) is 10.3. The van der Waals surface area contributed by atoms with Gasteiger partial charge in [-0.2, -0.15) is 4.99 Å². The van der Waals surface area contributed by atoms with Gasteiger partial charge in [-0.05, 0) is 55.9 Å². The van der Waals surface area contributed by atoms with Crippen molar-refractivity contribution in [2.75, 3.05) is 50.7 Å². The maximum Gasteiger partial charge on any atom is 0.286 e. The maximum absolute atomic E-state index is 12.3. The zero-order valence-electron chi connectivity index (χ0n) is 15.9. The standard InChI is InChI=1S/C20H28N4OS/c1-4-22-11-13-24(14-12-22)20-21-19(25)18(26-20)15-16-7-9-17(10-8-16)23(5-2)6-3/h7-10,15H,4-6,11-14H2,1-3H3. The third-order valence-electron chi connectivity index (χ3n) is 5.02. The summed E-state index contributed by atoms with van der Waals surface area (Å²) in [4.78, 5) is 24.3. The van der Waals surface area contributed by atoms with Crippen LogP contribution in [0.2, 0.25) is 0 Å². The Kier molecular flexibility index (Phi) is 6.38. The van der Waals surface area contributed by atoms with E-state index in [4.69, 9.17) is 0 Å². The SMILES string of the molecule is CCN1CCN(C2=NC(=O)C(=Cc3ccc(N(CC)CC)cc3)S2)CC1. The summed E-state index contributed by atoms with van der Waals surface area (Å²) in [7, 11) is 0. The van der Waals surface area contributed by atoms with Crippen LogP contribution < -0.4 is 4.90 Å². The molecule has 0 N–H and O–H groups in total. The molecule has 1 aromatic rings. The van der Waals surface area contributed by atoms with Gasteiger partial charge in [-0.15, -0.1) is 0 Å². The van der Waals surface area contributed by atoms with E-state index in [0.29, 0.717) is 4.91 Å². The lowest BCUT2D eigenvalue weighted by Crippen LogP contribution is -2.47. The minimum Gasteiger partial charge on any atom is -0.372 e. The van der Waals surface area contributed by atoms with Crippen LogP contribution >= 0.6 is 11.8 Å². The van der Waals surface area contributed by atoms with E-state index in [1.165, 1.54) is 17.4 Å². The average molecular weight is 373 g/mol. The number of hydrogen-bond donors (Lipinski definition) is 0. The lowest BCUT2D eigenvalue weighted by Gasteiger charge is -2.34. The summed E-state index contributed by atoms with van der Waals surface area (Å²) in [5.41, 5.74) is 2.26. The molecule has 0 atom stereocenters. The second kappa shape index (κ2) is 8.73. The van der Waals surface area contributed by atoms with E-state index in [9.17, 15) is 4.79 Å². The fourth-order valence-electron chi connectivity index (χ4n) is 3.31. The molecule has 0 radical (unpaired) electrons. The lowest BCUT2D eigenvalue weighted by atomic mass is 10.2. The largest absolute Gasteiger partial charge is 0.372 e. The topological polar surface area (TPSA) is 39.1 Å². The van der Waals surface area contributed by atoms with E-state index in [2.05, 4.69) is 64.7 Å². The Labute approximate surface area is 160 Å². The summed E-state index contributed by atoms with van der Waals surface area (Å²) in [6.45, 7) is 13.5. The maximum atomic E-state index is 12.3. The zero-order valence-corrected chi connectivity index (χ0v) is 16.8. The molecule has 1 saturated heterocycles. The van der Waals surface area contributed by atoms with Crippen molar-refractivity contribution in [2.24, 2.45) is 4.99 Å². The molecule has 3 rings (SSSR count). The van der Waals surface area contributed by atoms with Crippen molar-refractivity contribution >= 4 is 34.6 Å². The van der Waals surface area contributed by atoms with Gasteiger partial charge in [0.05, 0.1) is 4.91 Å². The minimum absolute atomic E-state index is 0.115. The Morgan fingerprint density at radius 1 is 1.08 bits per heavy atom. The van der Waals surface area contributed by atoms with E-state index in [-0.39, 0.29) is 5.91 Å². The molecule has 1 amide bonds. The number of nitrogens with zero attached hydrogens (tertiary/aromatic N) is 4. The number of benzene rings is 1. The van der Waals surface area contributed by atoms with Gasteiger partial charge in [0, 0.05) is 45.0 Å². The summed E-state index contributed by atoms with van der Waals surface area (Å²) in [5, 5.41) is 0.858. The van der Waals surface area contributed by atoms with Crippen molar-refractivity contribution in [1.82, 2.24) is 9.80 Å². The van der Waals surface area contributed by atoms with Gasteiger partial charge in [0.15, 0.2) is 5.17 Å².